The van der Waals surface area contributed by atoms with Crippen molar-refractivity contribution >= 4 is 28.5 Å². The van der Waals surface area contributed by atoms with Crippen LogP contribution in [0.1, 0.15) is 68.3 Å². The Hall–Kier alpha value is -3.94. The molecule has 1 amide bonds. The summed E-state index contributed by atoms with van der Waals surface area (Å²) < 4.78 is 12.2. The monoisotopic (exact) mass is 753 g/mol. The highest BCUT2D eigenvalue weighted by atomic mass is 16.5. The van der Waals surface area contributed by atoms with E-state index in [0.717, 1.165) is 46.5 Å². The van der Waals surface area contributed by atoms with Crippen LogP contribution in [0, 0.1) is 11.3 Å². The molecule has 55 heavy (non-hydrogen) atoms. The highest BCUT2D eigenvalue weighted by Crippen LogP contribution is 2.67. The Balaban J connectivity index is 1.36. The first-order valence-electron chi connectivity index (χ1n) is 20.0. The summed E-state index contributed by atoms with van der Waals surface area (Å²) in [4.78, 5) is 39.3. The third kappa shape index (κ3) is 4.51. The number of nitrogens with two attached hydrogens (primary N) is 1. The molecular weight excluding hydrogens is 699 g/mol. The number of hydrogen-bond donors (Lipinski definition) is 5. The van der Waals surface area contributed by atoms with Gasteiger partial charge in [-0.2, -0.15) is 0 Å². The topological polar surface area (TPSA) is 165 Å². The molecule has 3 fully saturated rings. The molecule has 9 rings (SSSR count). The molecule has 10 atom stereocenters. The zero-order chi connectivity index (χ0) is 38.9. The number of aromatic nitrogens is 1. The smallest absolute Gasteiger partial charge is 0.322 e. The molecule has 12 nitrogen and oxygen atoms in total. The Morgan fingerprint density at radius 2 is 1.82 bits per heavy atom. The lowest BCUT2D eigenvalue weighted by Crippen LogP contribution is -2.81. The number of aliphatic hydroxyl groups excluding tert-OH is 1. The lowest BCUT2D eigenvalue weighted by molar-refractivity contribution is -0.201. The van der Waals surface area contributed by atoms with Gasteiger partial charge in [-0.05, 0) is 74.2 Å². The van der Waals surface area contributed by atoms with Crippen LogP contribution < -0.4 is 15.4 Å². The van der Waals surface area contributed by atoms with Gasteiger partial charge in [-0.1, -0.05) is 44.2 Å². The third-order valence-corrected chi connectivity index (χ3v) is 15.2. The van der Waals surface area contributed by atoms with Crippen molar-refractivity contribution in [2.45, 2.75) is 92.6 Å². The molecule has 2 bridgehead atoms. The number of fused-ring (bicyclic) bond motifs is 6. The van der Waals surface area contributed by atoms with Crippen LogP contribution in [0.5, 0.6) is 5.75 Å². The number of carbonyl (C=O) groups is 2. The second kappa shape index (κ2) is 12.3. The number of aromatic amines is 1. The molecule has 6 N–H and O–H groups in total. The first-order valence-corrected chi connectivity index (χ1v) is 20.0. The first kappa shape index (κ1) is 36.7. The van der Waals surface area contributed by atoms with E-state index >= 15 is 4.79 Å². The van der Waals surface area contributed by atoms with Crippen molar-refractivity contribution < 1.29 is 34.4 Å². The summed E-state index contributed by atoms with van der Waals surface area (Å²) in [5.74, 6) is -1.00. The summed E-state index contributed by atoms with van der Waals surface area (Å²) in [7, 11) is 4.89. The minimum atomic E-state index is -2.30. The van der Waals surface area contributed by atoms with Crippen molar-refractivity contribution in [1.29, 1.82) is 0 Å². The summed E-state index contributed by atoms with van der Waals surface area (Å²) >= 11 is 0. The number of esters is 1. The number of ether oxygens (including phenoxy) is 2. The molecule has 3 aromatic rings. The first-order chi connectivity index (χ1) is 26.3. The molecule has 6 heterocycles. The Morgan fingerprint density at radius 3 is 2.53 bits per heavy atom. The lowest BCUT2D eigenvalue weighted by Gasteiger charge is -2.63. The number of rotatable bonds is 6. The number of primary amides is 1. The fraction of sp³-hybridized carbons (Fsp3) is 0.581. The molecule has 6 aliphatic rings. The number of anilines is 1. The largest absolute Gasteiger partial charge is 0.496 e. The maximum Gasteiger partial charge on any atom is 0.322 e. The second-order valence-corrected chi connectivity index (χ2v) is 17.5. The van der Waals surface area contributed by atoms with Crippen LogP contribution in [0.25, 0.3) is 10.9 Å². The highest BCUT2D eigenvalue weighted by molar-refractivity contribution is 5.95. The molecule has 12 heteroatoms. The van der Waals surface area contributed by atoms with E-state index in [1.54, 1.807) is 7.11 Å². The van der Waals surface area contributed by atoms with Gasteiger partial charge in [0.15, 0.2) is 5.60 Å². The number of para-hydroxylation sites is 1. The van der Waals surface area contributed by atoms with E-state index in [4.69, 9.17) is 15.2 Å². The zero-order valence-corrected chi connectivity index (χ0v) is 32.6. The van der Waals surface area contributed by atoms with Crippen LogP contribution in [0.15, 0.2) is 48.6 Å². The molecule has 294 valence electrons. The summed E-state index contributed by atoms with van der Waals surface area (Å²) in [6, 6.07) is 11.0. The van der Waals surface area contributed by atoms with Crippen LogP contribution in [-0.4, -0.2) is 125 Å². The van der Waals surface area contributed by atoms with Gasteiger partial charge in [-0.15, -0.1) is 0 Å². The molecule has 0 radical (unpaired) electrons. The molecule has 5 aliphatic heterocycles. The van der Waals surface area contributed by atoms with Crippen LogP contribution in [0.4, 0.5) is 5.69 Å². The Labute approximate surface area is 322 Å². The number of benzene rings is 2. The van der Waals surface area contributed by atoms with Gasteiger partial charge >= 0.3 is 5.97 Å². The minimum absolute atomic E-state index is 0.0790. The summed E-state index contributed by atoms with van der Waals surface area (Å²) in [6.07, 6.45) is 5.78. The molecular formula is C43H55N5O7. The minimum Gasteiger partial charge on any atom is -0.496 e. The predicted octanol–water partition coefficient (Wildman–Crippen LogP) is 2.73. The fourth-order valence-electron chi connectivity index (χ4n) is 13.1. The van der Waals surface area contributed by atoms with Crippen molar-refractivity contribution in [1.82, 2.24) is 14.8 Å². The zero-order valence-electron chi connectivity index (χ0n) is 32.6. The Morgan fingerprint density at radius 1 is 1.04 bits per heavy atom. The van der Waals surface area contributed by atoms with Gasteiger partial charge in [0.2, 0.25) is 0 Å². The number of piperidine rings is 1. The van der Waals surface area contributed by atoms with E-state index in [1.807, 2.05) is 62.2 Å². The predicted molar refractivity (Wildman–Crippen MR) is 208 cm³/mol. The van der Waals surface area contributed by atoms with Crippen molar-refractivity contribution in [2.75, 3.05) is 58.9 Å². The lowest BCUT2D eigenvalue weighted by atomic mass is 9.47. The van der Waals surface area contributed by atoms with Gasteiger partial charge in [0.05, 0.1) is 25.9 Å². The van der Waals surface area contributed by atoms with E-state index in [0.29, 0.717) is 69.5 Å². The van der Waals surface area contributed by atoms with Gasteiger partial charge in [0, 0.05) is 84.0 Å². The van der Waals surface area contributed by atoms with Gasteiger partial charge < -0.3 is 40.4 Å². The number of aliphatic hydroxyl groups is 3. The number of likely N-dealkylation sites (N-methyl/N-ethyl adjacent to an activating group) is 1. The number of nitrogens with zero attached hydrogens (tertiary/aromatic N) is 3. The quantitative estimate of drug-likeness (QED) is 0.187. The fourth-order valence-corrected chi connectivity index (χ4v) is 13.1. The van der Waals surface area contributed by atoms with Crippen LogP contribution in [0.3, 0.4) is 0 Å². The molecule has 1 spiro atoms. The van der Waals surface area contributed by atoms with E-state index in [9.17, 15) is 20.1 Å². The highest BCUT2D eigenvalue weighted by Gasteiger charge is 2.78. The van der Waals surface area contributed by atoms with E-state index in [-0.39, 0.29) is 12.0 Å². The van der Waals surface area contributed by atoms with E-state index < -0.39 is 51.5 Å². The molecule has 2 saturated heterocycles. The number of H-pyrrole nitrogens is 1. The van der Waals surface area contributed by atoms with Crippen LogP contribution in [0.2, 0.25) is 0 Å². The number of nitrogens with one attached hydrogen (secondary N) is 1. The maximum absolute atomic E-state index is 15.2. The van der Waals surface area contributed by atoms with Crippen LogP contribution in [-0.2, 0) is 31.6 Å². The van der Waals surface area contributed by atoms with Crippen molar-refractivity contribution in [2.24, 2.45) is 17.1 Å². The summed E-state index contributed by atoms with van der Waals surface area (Å²) in [5.41, 5.74) is 4.72. The molecule has 1 aromatic heterocycles. The van der Waals surface area contributed by atoms with Crippen molar-refractivity contribution in [3.63, 3.8) is 0 Å². The SMILES string of the molecule is CC[C@]1(O)CC2CN(CCc3c([nH]c4ccccc34)[C@@](C(=O)OC)(c3cc4c(cc3OC)N(C)C3[C@]45CCN4CC=C[C@](CC)([C@@H]45)[C@@H](O)[C@]3(O)C(N)=O)C2)C1. The van der Waals surface area contributed by atoms with Crippen molar-refractivity contribution in [3.8, 4) is 5.75 Å². The average Bonchev–Trinajstić information content (AvgIpc) is 3.84. The molecule has 3 unspecified atom stereocenters. The molecule has 1 aliphatic carbocycles. The average molecular weight is 754 g/mol. The summed E-state index contributed by atoms with van der Waals surface area (Å²) in [6.45, 7) is 7.39. The van der Waals surface area contributed by atoms with E-state index in [1.165, 1.54) is 7.11 Å². The number of carbonyl (C=O) groups excluding carboxylic acids is 2. The molecule has 1 saturated carbocycles. The van der Waals surface area contributed by atoms with Gasteiger partial charge in [0.1, 0.15) is 17.3 Å². The standard InChI is InChI=1S/C43H55N5O7/c1-6-39(52)21-25-22-42(38(51)55-5,33-27(13-17-47(23-25)24-39)26-11-8-9-12-30(26)45-33)29-19-28-31(20-32(29)54-4)46(3)35-41(28)15-18-48-16-10-14-40(7-2,34(41)48)36(49)43(35,53)37(44)50/h8-12,14,19-20,25,34-36,45,49,52-53H,6-7,13,15-18,21-24H2,1-5H3,(H2,44,50)/t25?,34-,35?,36-,39+,40-,41-,42+,43+/m1/s1. The van der Waals surface area contributed by atoms with E-state index in [2.05, 4.69) is 26.9 Å². The van der Waals surface area contributed by atoms with Gasteiger partial charge in [0.25, 0.3) is 5.91 Å². The molecule has 2 aromatic carbocycles. The maximum atomic E-state index is 15.2. The Kier molecular flexibility index (Phi) is 8.19. The van der Waals surface area contributed by atoms with Crippen LogP contribution >= 0.6 is 0 Å². The summed E-state index contributed by atoms with van der Waals surface area (Å²) in [5, 5.41) is 38.0. The van der Waals surface area contributed by atoms with Gasteiger partial charge in [-0.25, -0.2) is 0 Å². The second-order valence-electron chi connectivity index (χ2n) is 17.5. The number of hydrogen-bond acceptors (Lipinski definition) is 10. The number of amides is 1. The Bertz CT molecular complexity index is 2120. The number of methoxy groups -OCH3 is 2. The van der Waals surface area contributed by atoms with Crippen molar-refractivity contribution in [3.05, 3.63) is 70.9 Å². The normalized spacial score (nSPS) is 39.0. The third-order valence-electron chi connectivity index (χ3n) is 15.2. The van der Waals surface area contributed by atoms with Gasteiger partial charge in [-0.3, -0.25) is 19.4 Å².